The number of nitrogens with zero attached hydrogens (tertiary/aromatic N) is 1. The van der Waals surface area contributed by atoms with Crippen LogP contribution in [0.3, 0.4) is 0 Å². The molecule has 0 aliphatic heterocycles. The van der Waals surface area contributed by atoms with Crippen molar-refractivity contribution in [3.63, 3.8) is 0 Å². The van der Waals surface area contributed by atoms with Gasteiger partial charge in [0.05, 0.1) is 12.7 Å². The predicted molar refractivity (Wildman–Crippen MR) is 58.2 cm³/mol. The standard InChI is InChI=1S/C11H12F4N2O2/c1-17(19-2)4-3-16-11(18)6-5-7(12)9(14)10(15)8(6)13/h5H,3-4H2,1-2H3,(H,16,18). The van der Waals surface area contributed by atoms with Crippen molar-refractivity contribution < 1.29 is 27.2 Å². The summed E-state index contributed by atoms with van der Waals surface area (Å²) >= 11 is 0. The van der Waals surface area contributed by atoms with Crippen LogP contribution in [0.5, 0.6) is 0 Å². The first kappa shape index (κ1) is 15.4. The van der Waals surface area contributed by atoms with E-state index in [2.05, 4.69) is 5.32 Å². The van der Waals surface area contributed by atoms with Gasteiger partial charge in [-0.05, 0) is 6.07 Å². The summed E-state index contributed by atoms with van der Waals surface area (Å²) in [7, 11) is 3.00. The summed E-state index contributed by atoms with van der Waals surface area (Å²) in [6.07, 6.45) is 0. The molecule has 0 bridgehead atoms. The normalized spacial score (nSPS) is 10.9. The number of rotatable bonds is 5. The number of hydrogen-bond acceptors (Lipinski definition) is 3. The van der Waals surface area contributed by atoms with Crippen LogP contribution < -0.4 is 5.32 Å². The van der Waals surface area contributed by atoms with Gasteiger partial charge < -0.3 is 10.2 Å². The fourth-order valence-electron chi connectivity index (χ4n) is 1.25. The fraction of sp³-hybridized carbons (Fsp3) is 0.364. The largest absolute Gasteiger partial charge is 0.351 e. The Labute approximate surface area is 106 Å². The zero-order chi connectivity index (χ0) is 14.6. The van der Waals surface area contributed by atoms with Crippen molar-refractivity contribution in [3.8, 4) is 0 Å². The van der Waals surface area contributed by atoms with E-state index in [0.29, 0.717) is 6.07 Å². The van der Waals surface area contributed by atoms with E-state index < -0.39 is 34.7 Å². The first-order valence-corrected chi connectivity index (χ1v) is 5.25. The lowest BCUT2D eigenvalue weighted by molar-refractivity contribution is -0.107. The van der Waals surface area contributed by atoms with Gasteiger partial charge in [0, 0.05) is 20.1 Å². The second-order valence-corrected chi connectivity index (χ2v) is 3.64. The van der Waals surface area contributed by atoms with Gasteiger partial charge in [-0.15, -0.1) is 0 Å². The lowest BCUT2D eigenvalue weighted by Gasteiger charge is -2.13. The van der Waals surface area contributed by atoms with E-state index >= 15 is 0 Å². The van der Waals surface area contributed by atoms with Crippen molar-refractivity contribution in [2.45, 2.75) is 0 Å². The number of likely N-dealkylation sites (N-methyl/N-ethyl adjacent to an activating group) is 1. The molecular weight excluding hydrogens is 268 g/mol. The summed E-state index contributed by atoms with van der Waals surface area (Å²) in [4.78, 5) is 16.2. The van der Waals surface area contributed by atoms with E-state index in [1.165, 1.54) is 12.2 Å². The Morgan fingerprint density at radius 1 is 1.26 bits per heavy atom. The van der Waals surface area contributed by atoms with E-state index in [4.69, 9.17) is 4.84 Å². The number of halogens is 4. The average molecular weight is 280 g/mol. The van der Waals surface area contributed by atoms with E-state index in [-0.39, 0.29) is 13.1 Å². The van der Waals surface area contributed by atoms with Gasteiger partial charge in [-0.3, -0.25) is 4.79 Å². The molecule has 0 unspecified atom stereocenters. The van der Waals surface area contributed by atoms with Crippen LogP contribution in [-0.2, 0) is 4.84 Å². The quantitative estimate of drug-likeness (QED) is 0.384. The molecule has 0 heterocycles. The highest BCUT2D eigenvalue weighted by Crippen LogP contribution is 2.18. The van der Waals surface area contributed by atoms with Crippen LogP contribution >= 0.6 is 0 Å². The third-order valence-electron chi connectivity index (χ3n) is 2.37. The van der Waals surface area contributed by atoms with Gasteiger partial charge >= 0.3 is 0 Å². The number of nitrogens with one attached hydrogen (secondary N) is 1. The highest BCUT2D eigenvalue weighted by atomic mass is 19.2. The van der Waals surface area contributed by atoms with Crippen molar-refractivity contribution in [1.29, 1.82) is 0 Å². The SMILES string of the molecule is CON(C)CCNC(=O)c1cc(F)c(F)c(F)c1F. The van der Waals surface area contributed by atoms with Crippen LogP contribution in [0.4, 0.5) is 17.6 Å². The minimum Gasteiger partial charge on any atom is -0.351 e. The van der Waals surface area contributed by atoms with Crippen molar-refractivity contribution in [3.05, 3.63) is 34.9 Å². The third-order valence-corrected chi connectivity index (χ3v) is 2.37. The summed E-state index contributed by atoms with van der Waals surface area (Å²) in [6.45, 7) is 0.333. The molecule has 1 aromatic carbocycles. The summed E-state index contributed by atoms with van der Waals surface area (Å²) in [6, 6.07) is 0.309. The molecule has 0 aromatic heterocycles. The van der Waals surface area contributed by atoms with Gasteiger partial charge in [0.1, 0.15) is 0 Å². The van der Waals surface area contributed by atoms with Crippen molar-refractivity contribution in [2.24, 2.45) is 0 Å². The average Bonchev–Trinajstić information content (AvgIpc) is 2.39. The van der Waals surface area contributed by atoms with Crippen LogP contribution in [0, 0.1) is 23.3 Å². The number of carbonyl (C=O) groups is 1. The van der Waals surface area contributed by atoms with E-state index in [1.54, 1.807) is 7.05 Å². The molecule has 106 valence electrons. The lowest BCUT2D eigenvalue weighted by atomic mass is 10.1. The van der Waals surface area contributed by atoms with E-state index in [9.17, 15) is 22.4 Å². The molecule has 0 saturated heterocycles. The maximum atomic E-state index is 13.3. The summed E-state index contributed by atoms with van der Waals surface area (Å²) in [5.41, 5.74) is -0.892. The zero-order valence-electron chi connectivity index (χ0n) is 10.3. The second-order valence-electron chi connectivity index (χ2n) is 3.64. The first-order valence-electron chi connectivity index (χ1n) is 5.25. The van der Waals surface area contributed by atoms with Crippen molar-refractivity contribution in [1.82, 2.24) is 10.4 Å². The predicted octanol–water partition coefficient (Wildman–Crippen LogP) is 1.47. The molecule has 0 saturated carbocycles. The zero-order valence-corrected chi connectivity index (χ0v) is 10.3. The van der Waals surface area contributed by atoms with Gasteiger partial charge in [0.2, 0.25) is 0 Å². The Kier molecular flexibility index (Phi) is 5.25. The molecule has 0 aliphatic carbocycles. The monoisotopic (exact) mass is 280 g/mol. The van der Waals surface area contributed by atoms with Crippen LogP contribution in [-0.4, -0.2) is 38.2 Å². The third kappa shape index (κ3) is 3.65. The molecule has 1 aromatic rings. The topological polar surface area (TPSA) is 41.6 Å². The van der Waals surface area contributed by atoms with Gasteiger partial charge in [-0.25, -0.2) is 17.6 Å². The maximum absolute atomic E-state index is 13.3. The molecule has 0 fully saturated rings. The van der Waals surface area contributed by atoms with E-state index in [1.807, 2.05) is 0 Å². The van der Waals surface area contributed by atoms with Gasteiger partial charge in [-0.2, -0.15) is 5.06 Å². The molecule has 1 rings (SSSR count). The summed E-state index contributed by atoms with van der Waals surface area (Å²) in [5.74, 6) is -8.36. The Hall–Kier alpha value is -1.67. The Balaban J connectivity index is 2.78. The number of hydrogen-bond donors (Lipinski definition) is 1. The van der Waals surface area contributed by atoms with Gasteiger partial charge in [0.15, 0.2) is 23.3 Å². The van der Waals surface area contributed by atoms with Crippen LogP contribution in [0.15, 0.2) is 6.07 Å². The number of hydroxylamine groups is 2. The maximum Gasteiger partial charge on any atom is 0.254 e. The molecule has 1 amide bonds. The minimum absolute atomic E-state index is 0.0588. The molecule has 8 heteroatoms. The van der Waals surface area contributed by atoms with Crippen LogP contribution in [0.25, 0.3) is 0 Å². The Bertz CT molecular complexity index is 482. The molecule has 0 atom stereocenters. The van der Waals surface area contributed by atoms with Crippen molar-refractivity contribution in [2.75, 3.05) is 27.2 Å². The lowest BCUT2D eigenvalue weighted by Crippen LogP contribution is -2.33. The summed E-state index contributed by atoms with van der Waals surface area (Å²) in [5, 5.41) is 3.60. The highest BCUT2D eigenvalue weighted by Gasteiger charge is 2.22. The van der Waals surface area contributed by atoms with E-state index in [0.717, 1.165) is 0 Å². The molecular formula is C11H12F4N2O2. The Morgan fingerprint density at radius 2 is 1.89 bits per heavy atom. The molecule has 19 heavy (non-hydrogen) atoms. The van der Waals surface area contributed by atoms with Crippen LogP contribution in [0.2, 0.25) is 0 Å². The van der Waals surface area contributed by atoms with Crippen molar-refractivity contribution >= 4 is 5.91 Å². The fourth-order valence-corrected chi connectivity index (χ4v) is 1.25. The second kappa shape index (κ2) is 6.48. The van der Waals surface area contributed by atoms with Gasteiger partial charge in [0.25, 0.3) is 5.91 Å². The molecule has 0 spiro atoms. The molecule has 1 N–H and O–H groups in total. The number of carbonyl (C=O) groups excluding carboxylic acids is 1. The summed E-state index contributed by atoms with van der Waals surface area (Å²) < 4.78 is 51.8. The molecule has 0 radical (unpaired) electrons. The molecule has 4 nitrogen and oxygen atoms in total. The molecule has 0 aliphatic rings. The van der Waals surface area contributed by atoms with Gasteiger partial charge in [-0.1, -0.05) is 0 Å². The smallest absolute Gasteiger partial charge is 0.254 e. The number of amides is 1. The number of benzene rings is 1. The minimum atomic E-state index is -2.01. The Morgan fingerprint density at radius 3 is 2.47 bits per heavy atom. The highest BCUT2D eigenvalue weighted by molar-refractivity contribution is 5.94. The van der Waals surface area contributed by atoms with Crippen LogP contribution in [0.1, 0.15) is 10.4 Å². The first-order chi connectivity index (χ1) is 8.88.